The summed E-state index contributed by atoms with van der Waals surface area (Å²) >= 11 is 0. The Bertz CT molecular complexity index is 1990. The predicted molar refractivity (Wildman–Crippen MR) is 237 cm³/mol. The van der Waals surface area contributed by atoms with Crippen LogP contribution in [0.4, 0.5) is 0 Å². The fourth-order valence-corrected chi connectivity index (χ4v) is 9.79. The number of rotatable bonds is 16. The molecule has 4 bridgehead atoms. The molecular weight excluding hydrogens is 713 g/mol. The van der Waals surface area contributed by atoms with Gasteiger partial charge in [0.25, 0.3) is 0 Å². The van der Waals surface area contributed by atoms with Crippen molar-refractivity contribution in [1.82, 2.24) is 0 Å². The Morgan fingerprint density at radius 1 is 0.448 bits per heavy atom. The standard InChI is InChI=1S/C52H70N4O2/c1-5-8-10-12-27-53-29-35-55(36-30-53,37-31-53)43-57-51-42-50(26-25-48-23-21-47(22-24-48)20-19-46-17-15-45(4)16-18-46)52(41-49(51)14-7-3)58-44-56-38-32-54(33-39-56,34-40-56)28-13-11-9-6-2/h15-18,21-24,41-42H,5-6,8-13,27-40,43-44H2,1-4H3/q+4. The third kappa shape index (κ3) is 10.5. The monoisotopic (exact) mass is 783 g/mol. The first-order valence-electron chi connectivity index (χ1n) is 22.8. The van der Waals surface area contributed by atoms with Gasteiger partial charge in [-0.1, -0.05) is 86.8 Å². The first-order chi connectivity index (χ1) is 28.3. The van der Waals surface area contributed by atoms with Crippen LogP contribution in [0.1, 0.15) is 106 Å². The van der Waals surface area contributed by atoms with Crippen LogP contribution >= 0.6 is 0 Å². The highest BCUT2D eigenvalue weighted by atomic mass is 16.5. The zero-order chi connectivity index (χ0) is 40.3. The molecule has 6 aliphatic heterocycles. The van der Waals surface area contributed by atoms with Crippen LogP contribution < -0.4 is 9.47 Å². The molecule has 0 radical (unpaired) electrons. The van der Waals surface area contributed by atoms with Gasteiger partial charge in [-0.05, 0) is 75.9 Å². The van der Waals surface area contributed by atoms with E-state index < -0.39 is 0 Å². The molecule has 0 spiro atoms. The average Bonchev–Trinajstić information content (AvgIpc) is 3.27. The number of nitrogens with zero attached hydrogens (tertiary/aromatic N) is 4. The van der Waals surface area contributed by atoms with Crippen molar-refractivity contribution >= 4 is 0 Å². The van der Waals surface area contributed by atoms with Crippen molar-refractivity contribution < 1.29 is 27.4 Å². The minimum Gasteiger partial charge on any atom is -0.444 e. The number of aryl methyl sites for hydroxylation is 1. The second kappa shape index (κ2) is 19.2. The summed E-state index contributed by atoms with van der Waals surface area (Å²) in [6, 6.07) is 20.8. The van der Waals surface area contributed by atoms with Gasteiger partial charge in [0.15, 0.2) is 0 Å². The van der Waals surface area contributed by atoms with Gasteiger partial charge in [0, 0.05) is 28.8 Å². The molecule has 0 N–H and O–H groups in total. The fraction of sp³-hybridized carbons (Fsp3) is 0.538. The fourth-order valence-electron chi connectivity index (χ4n) is 9.79. The number of fused-ring (bicyclic) bond motifs is 6. The zero-order valence-electron chi connectivity index (χ0n) is 36.3. The van der Waals surface area contributed by atoms with E-state index >= 15 is 0 Å². The van der Waals surface area contributed by atoms with Gasteiger partial charge in [0.1, 0.15) is 90.0 Å². The van der Waals surface area contributed by atoms with Crippen LogP contribution in [0.2, 0.25) is 0 Å². The molecule has 6 aliphatic rings. The van der Waals surface area contributed by atoms with Crippen LogP contribution in [0, 0.1) is 42.4 Å². The molecule has 9 rings (SSSR count). The topological polar surface area (TPSA) is 18.5 Å². The zero-order valence-corrected chi connectivity index (χ0v) is 36.3. The average molecular weight is 783 g/mol. The Morgan fingerprint density at radius 2 is 0.810 bits per heavy atom. The molecule has 0 aromatic heterocycles. The minimum atomic E-state index is 0.677. The first-order valence-corrected chi connectivity index (χ1v) is 22.8. The molecule has 0 atom stereocenters. The molecule has 6 saturated heterocycles. The summed E-state index contributed by atoms with van der Waals surface area (Å²) in [5.74, 6) is 21.8. The van der Waals surface area contributed by atoms with Crippen LogP contribution in [0.3, 0.4) is 0 Å². The lowest BCUT2D eigenvalue weighted by Crippen LogP contribution is -2.75. The number of unbranched alkanes of at least 4 members (excludes halogenated alkanes) is 6. The van der Waals surface area contributed by atoms with E-state index in [0.29, 0.717) is 13.5 Å². The lowest BCUT2D eigenvalue weighted by Gasteiger charge is -2.55. The molecule has 3 aromatic rings. The van der Waals surface area contributed by atoms with Crippen molar-refractivity contribution in [3.8, 4) is 47.0 Å². The third-order valence-corrected chi connectivity index (χ3v) is 14.2. The Morgan fingerprint density at radius 3 is 1.21 bits per heavy atom. The van der Waals surface area contributed by atoms with E-state index in [-0.39, 0.29) is 0 Å². The Hall–Kier alpha value is -4.22. The minimum absolute atomic E-state index is 0.677. The summed E-state index contributed by atoms with van der Waals surface area (Å²) in [5, 5.41) is 0. The van der Waals surface area contributed by atoms with E-state index in [2.05, 4.69) is 117 Å². The van der Waals surface area contributed by atoms with Gasteiger partial charge in [0.2, 0.25) is 13.5 Å². The van der Waals surface area contributed by atoms with Gasteiger partial charge in [-0.15, -0.1) is 5.92 Å². The lowest BCUT2D eigenvalue weighted by molar-refractivity contribution is -1.09. The Kier molecular flexibility index (Phi) is 13.9. The smallest absolute Gasteiger partial charge is 0.224 e. The van der Waals surface area contributed by atoms with Crippen molar-refractivity contribution in [2.45, 2.75) is 79.1 Å². The maximum atomic E-state index is 6.89. The summed E-state index contributed by atoms with van der Waals surface area (Å²) in [7, 11) is 0. The number of ether oxygens (including phenoxy) is 2. The maximum absolute atomic E-state index is 6.89. The van der Waals surface area contributed by atoms with E-state index in [4.69, 9.17) is 9.47 Å². The van der Waals surface area contributed by atoms with E-state index in [0.717, 1.165) is 48.3 Å². The number of piperazine rings is 6. The molecule has 0 unspecified atom stereocenters. The molecule has 6 fully saturated rings. The highest BCUT2D eigenvalue weighted by Gasteiger charge is 2.50. The molecular formula is C52H70N4O2+4. The van der Waals surface area contributed by atoms with Crippen LogP contribution in [0.15, 0.2) is 60.7 Å². The van der Waals surface area contributed by atoms with Crippen LogP contribution in [-0.4, -0.2) is 123 Å². The summed E-state index contributed by atoms with van der Waals surface area (Å²) in [5.41, 5.74) is 5.95. The molecule has 58 heavy (non-hydrogen) atoms. The quantitative estimate of drug-likeness (QED) is 0.0828. The number of quaternary nitrogens is 4. The molecule has 0 saturated carbocycles. The Labute approximate surface area is 351 Å². The van der Waals surface area contributed by atoms with Crippen molar-refractivity contribution in [3.63, 3.8) is 0 Å². The highest BCUT2D eigenvalue weighted by molar-refractivity contribution is 5.60. The summed E-state index contributed by atoms with van der Waals surface area (Å²) in [6.07, 6.45) is 10.8. The van der Waals surface area contributed by atoms with Crippen molar-refractivity contribution in [1.29, 1.82) is 0 Å². The van der Waals surface area contributed by atoms with E-state index in [9.17, 15) is 0 Å². The van der Waals surface area contributed by atoms with Gasteiger partial charge in [-0.2, -0.15) is 0 Å². The van der Waals surface area contributed by atoms with E-state index in [1.807, 2.05) is 6.92 Å². The Balaban J connectivity index is 1.08. The third-order valence-electron chi connectivity index (χ3n) is 14.2. The second-order valence-electron chi connectivity index (χ2n) is 18.3. The van der Waals surface area contributed by atoms with Gasteiger partial charge in [0.05, 0.1) is 24.2 Å². The van der Waals surface area contributed by atoms with Crippen molar-refractivity contribution in [2.75, 3.05) is 105 Å². The van der Waals surface area contributed by atoms with Crippen molar-refractivity contribution in [3.05, 3.63) is 94.0 Å². The van der Waals surface area contributed by atoms with E-state index in [1.54, 1.807) is 0 Å². The molecule has 6 heterocycles. The van der Waals surface area contributed by atoms with Crippen LogP contribution in [0.25, 0.3) is 0 Å². The molecule has 3 aromatic carbocycles. The van der Waals surface area contributed by atoms with Crippen LogP contribution in [-0.2, 0) is 0 Å². The summed E-state index contributed by atoms with van der Waals surface area (Å²) < 4.78 is 18.5. The van der Waals surface area contributed by atoms with Gasteiger partial charge in [-0.25, -0.2) is 0 Å². The number of benzene rings is 3. The second-order valence-corrected chi connectivity index (χ2v) is 18.3. The SMILES string of the molecule is CC#Cc1cc(OC[N+]23CC[N+](CCCCCC)(CC2)CC3)c(C#Cc2ccc(C#Cc3ccc(C)cc3)cc2)cc1OC[N+]12CC[N+](CCCCCC)(CC1)CC2. The van der Waals surface area contributed by atoms with Crippen LogP contribution in [0.5, 0.6) is 11.5 Å². The van der Waals surface area contributed by atoms with Crippen molar-refractivity contribution in [2.24, 2.45) is 0 Å². The molecule has 6 nitrogen and oxygen atoms in total. The maximum Gasteiger partial charge on any atom is 0.224 e. The predicted octanol–water partition coefficient (Wildman–Crippen LogP) is 8.32. The normalized spacial score (nSPS) is 25.4. The molecule has 0 aliphatic carbocycles. The largest absolute Gasteiger partial charge is 0.444 e. The number of hydrogen-bond acceptors (Lipinski definition) is 2. The van der Waals surface area contributed by atoms with E-state index in [1.165, 1.54) is 158 Å². The first kappa shape index (κ1) is 41.9. The molecule has 6 heteroatoms. The number of hydrogen-bond donors (Lipinski definition) is 0. The summed E-state index contributed by atoms with van der Waals surface area (Å²) in [6.45, 7) is 27.5. The highest BCUT2D eigenvalue weighted by Crippen LogP contribution is 2.34. The lowest BCUT2D eigenvalue weighted by atomic mass is 10.1. The van der Waals surface area contributed by atoms with Gasteiger partial charge < -0.3 is 18.4 Å². The molecule has 306 valence electrons. The molecule has 0 amide bonds. The summed E-state index contributed by atoms with van der Waals surface area (Å²) in [4.78, 5) is 0. The van der Waals surface area contributed by atoms with Gasteiger partial charge >= 0.3 is 0 Å². The van der Waals surface area contributed by atoms with Gasteiger partial charge in [-0.3, -0.25) is 8.97 Å².